The molecule has 0 radical (unpaired) electrons. The Labute approximate surface area is 173 Å². The minimum atomic E-state index is 0. The van der Waals surface area contributed by atoms with Crippen LogP contribution in [0, 0.1) is 5.41 Å². The first-order valence-corrected chi connectivity index (χ1v) is 9.34. The Hall–Kier alpha value is -1.25. The zero-order valence-corrected chi connectivity index (χ0v) is 18.2. The van der Waals surface area contributed by atoms with Crippen LogP contribution >= 0.6 is 24.0 Å². The Morgan fingerprint density at radius 3 is 2.77 bits per heavy atom. The first-order valence-electron chi connectivity index (χ1n) is 9.34. The molecule has 1 saturated heterocycles. The van der Waals surface area contributed by atoms with Crippen molar-refractivity contribution < 1.29 is 9.21 Å². The third kappa shape index (κ3) is 5.37. The van der Waals surface area contributed by atoms with Crippen LogP contribution in [0.1, 0.15) is 37.9 Å². The van der Waals surface area contributed by atoms with E-state index in [1.54, 1.807) is 25.3 Å². The number of nitrogens with zero attached hydrogens (tertiary/aromatic N) is 3. The van der Waals surface area contributed by atoms with Gasteiger partial charge < -0.3 is 19.5 Å². The number of likely N-dealkylation sites (N-methyl/N-ethyl adjacent to an activating group) is 1. The standard InChI is InChI=1S/C19H30N4O2.HI/c1-22(2)17(24)14-21-18(20-11-7-16-6-5-13-25-16)23-12-10-19(15-23)8-3-4-9-19;/h5-6,13H,3-4,7-12,14-15H2,1-2H3,(H,20,21);1H. The Morgan fingerprint density at radius 1 is 1.35 bits per heavy atom. The number of hydrogen-bond donors (Lipinski definition) is 1. The van der Waals surface area contributed by atoms with Gasteiger partial charge in [-0.15, -0.1) is 24.0 Å². The number of halogens is 1. The lowest BCUT2D eigenvalue weighted by molar-refractivity contribution is -0.127. The molecule has 1 saturated carbocycles. The summed E-state index contributed by atoms with van der Waals surface area (Å²) in [6.45, 7) is 3.05. The topological polar surface area (TPSA) is 61.1 Å². The number of amides is 1. The summed E-state index contributed by atoms with van der Waals surface area (Å²) in [5.74, 6) is 1.86. The van der Waals surface area contributed by atoms with Crippen molar-refractivity contribution >= 4 is 35.8 Å². The number of aliphatic imine (C=N–C) groups is 1. The summed E-state index contributed by atoms with van der Waals surface area (Å²) in [6.07, 6.45) is 9.13. The monoisotopic (exact) mass is 474 g/mol. The van der Waals surface area contributed by atoms with E-state index in [0.29, 0.717) is 5.41 Å². The van der Waals surface area contributed by atoms with Gasteiger partial charge in [-0.3, -0.25) is 4.79 Å². The predicted octanol–water partition coefficient (Wildman–Crippen LogP) is 2.74. The molecule has 6 nitrogen and oxygen atoms in total. The third-order valence-electron chi connectivity index (χ3n) is 5.50. The summed E-state index contributed by atoms with van der Waals surface area (Å²) in [7, 11) is 3.54. The van der Waals surface area contributed by atoms with E-state index in [0.717, 1.165) is 37.8 Å². The van der Waals surface area contributed by atoms with Crippen LogP contribution in [0.2, 0.25) is 0 Å². The molecule has 2 heterocycles. The molecule has 1 aromatic rings. The highest BCUT2D eigenvalue weighted by Gasteiger charge is 2.41. The summed E-state index contributed by atoms with van der Waals surface area (Å²) in [4.78, 5) is 20.5. The summed E-state index contributed by atoms with van der Waals surface area (Å²) in [5.41, 5.74) is 0.481. The number of nitrogens with one attached hydrogen (secondary N) is 1. The van der Waals surface area contributed by atoms with E-state index in [1.165, 1.54) is 32.1 Å². The fourth-order valence-corrected chi connectivity index (χ4v) is 3.95. The van der Waals surface area contributed by atoms with E-state index in [-0.39, 0.29) is 36.4 Å². The van der Waals surface area contributed by atoms with Crippen molar-refractivity contribution in [3.8, 4) is 0 Å². The molecule has 1 N–H and O–H groups in total. The van der Waals surface area contributed by atoms with Crippen LogP contribution in [-0.2, 0) is 11.2 Å². The molecule has 1 spiro atoms. The second-order valence-corrected chi connectivity index (χ2v) is 7.56. The van der Waals surface area contributed by atoms with E-state index in [4.69, 9.17) is 4.42 Å². The van der Waals surface area contributed by atoms with Gasteiger partial charge in [0.15, 0.2) is 5.96 Å². The molecule has 146 valence electrons. The molecule has 3 rings (SSSR count). The highest BCUT2D eigenvalue weighted by molar-refractivity contribution is 14.0. The van der Waals surface area contributed by atoms with Gasteiger partial charge in [0.2, 0.25) is 5.91 Å². The van der Waals surface area contributed by atoms with Gasteiger partial charge in [-0.05, 0) is 36.8 Å². The average Bonchev–Trinajstić information content (AvgIpc) is 3.34. The fraction of sp³-hybridized carbons (Fsp3) is 0.684. The lowest BCUT2D eigenvalue weighted by Crippen LogP contribution is -2.42. The number of guanidine groups is 1. The first kappa shape index (κ1) is 21.1. The Kier molecular flexibility index (Phi) is 7.79. The number of rotatable bonds is 5. The van der Waals surface area contributed by atoms with Crippen molar-refractivity contribution in [3.05, 3.63) is 24.2 Å². The lowest BCUT2D eigenvalue weighted by Gasteiger charge is -2.26. The van der Waals surface area contributed by atoms with Crippen molar-refractivity contribution in [2.75, 3.05) is 40.3 Å². The molecule has 7 heteroatoms. The van der Waals surface area contributed by atoms with Crippen LogP contribution in [0.3, 0.4) is 0 Å². The van der Waals surface area contributed by atoms with Crippen molar-refractivity contribution in [1.29, 1.82) is 0 Å². The van der Waals surface area contributed by atoms with Gasteiger partial charge in [0.1, 0.15) is 12.3 Å². The van der Waals surface area contributed by atoms with Crippen LogP contribution in [0.25, 0.3) is 0 Å². The van der Waals surface area contributed by atoms with Gasteiger partial charge in [0.25, 0.3) is 0 Å². The molecule has 2 aliphatic rings. The average molecular weight is 474 g/mol. The van der Waals surface area contributed by atoms with E-state index >= 15 is 0 Å². The fourth-order valence-electron chi connectivity index (χ4n) is 3.95. The number of furan rings is 1. The van der Waals surface area contributed by atoms with Crippen molar-refractivity contribution in [1.82, 2.24) is 15.1 Å². The highest BCUT2D eigenvalue weighted by Crippen LogP contribution is 2.45. The number of carbonyl (C=O) groups excluding carboxylic acids is 1. The molecule has 2 fully saturated rings. The number of carbonyl (C=O) groups is 1. The zero-order valence-electron chi connectivity index (χ0n) is 15.9. The van der Waals surface area contributed by atoms with Crippen LogP contribution < -0.4 is 5.32 Å². The van der Waals surface area contributed by atoms with Crippen LogP contribution in [0.15, 0.2) is 27.8 Å². The maximum Gasteiger partial charge on any atom is 0.243 e. The third-order valence-corrected chi connectivity index (χ3v) is 5.50. The molecule has 1 aromatic heterocycles. The van der Waals surface area contributed by atoms with Gasteiger partial charge >= 0.3 is 0 Å². The minimum Gasteiger partial charge on any atom is -0.469 e. The van der Waals surface area contributed by atoms with Gasteiger partial charge in [-0.1, -0.05) is 12.8 Å². The highest BCUT2D eigenvalue weighted by atomic mass is 127. The van der Waals surface area contributed by atoms with Gasteiger partial charge in [0, 0.05) is 40.2 Å². The zero-order chi connectivity index (χ0) is 17.7. The van der Waals surface area contributed by atoms with Crippen molar-refractivity contribution in [2.45, 2.75) is 38.5 Å². The Bertz CT molecular complexity index is 595. The molecule has 1 aliphatic heterocycles. The van der Waals surface area contributed by atoms with Gasteiger partial charge in [0.05, 0.1) is 6.26 Å². The largest absolute Gasteiger partial charge is 0.469 e. The van der Waals surface area contributed by atoms with Crippen LogP contribution in [-0.4, -0.2) is 61.9 Å². The second kappa shape index (κ2) is 9.62. The summed E-state index contributed by atoms with van der Waals surface area (Å²) in [6, 6.07) is 3.89. The normalized spacial score (nSPS) is 18.8. The molecule has 0 unspecified atom stereocenters. The minimum absolute atomic E-state index is 0. The summed E-state index contributed by atoms with van der Waals surface area (Å²) in [5, 5.41) is 3.45. The second-order valence-electron chi connectivity index (χ2n) is 7.56. The number of hydrogen-bond acceptors (Lipinski definition) is 3. The molecule has 1 aliphatic carbocycles. The lowest BCUT2D eigenvalue weighted by atomic mass is 9.86. The van der Waals surface area contributed by atoms with E-state index in [2.05, 4.69) is 15.2 Å². The quantitative estimate of drug-likeness (QED) is 0.405. The smallest absolute Gasteiger partial charge is 0.243 e. The molecule has 0 bridgehead atoms. The van der Waals surface area contributed by atoms with E-state index < -0.39 is 0 Å². The van der Waals surface area contributed by atoms with Crippen LogP contribution in [0.4, 0.5) is 0 Å². The van der Waals surface area contributed by atoms with E-state index in [9.17, 15) is 4.79 Å². The van der Waals surface area contributed by atoms with Gasteiger partial charge in [-0.2, -0.15) is 0 Å². The SMILES string of the molecule is CN(C)C(=O)CN=C(NCCc1ccco1)N1CCC2(CCCC2)C1.I. The maximum atomic E-state index is 11.9. The molecule has 0 aromatic carbocycles. The van der Waals surface area contributed by atoms with Gasteiger partial charge in [-0.25, -0.2) is 4.99 Å². The van der Waals surface area contributed by atoms with Crippen molar-refractivity contribution in [3.63, 3.8) is 0 Å². The Balaban J connectivity index is 0.00000243. The van der Waals surface area contributed by atoms with E-state index in [1.807, 2.05) is 12.1 Å². The van der Waals surface area contributed by atoms with Crippen molar-refractivity contribution in [2.24, 2.45) is 10.4 Å². The number of likely N-dealkylation sites (tertiary alicyclic amines) is 1. The first-order chi connectivity index (χ1) is 12.1. The molecule has 1 amide bonds. The molecular weight excluding hydrogens is 443 g/mol. The summed E-state index contributed by atoms with van der Waals surface area (Å²) < 4.78 is 5.39. The predicted molar refractivity (Wildman–Crippen MR) is 114 cm³/mol. The summed E-state index contributed by atoms with van der Waals surface area (Å²) >= 11 is 0. The molecule has 26 heavy (non-hydrogen) atoms. The van der Waals surface area contributed by atoms with Crippen LogP contribution in [0.5, 0.6) is 0 Å². The Morgan fingerprint density at radius 2 is 2.12 bits per heavy atom. The molecular formula is C19H31IN4O2. The maximum absolute atomic E-state index is 11.9. The molecule has 0 atom stereocenters.